The van der Waals surface area contributed by atoms with Crippen LogP contribution < -0.4 is 10.6 Å². The number of hydrogen-bond acceptors (Lipinski definition) is 3. The minimum Gasteiger partial charge on any atom is -0.383 e. The fourth-order valence-electron chi connectivity index (χ4n) is 1.95. The number of carbonyl (C=O) groups excluding carboxylic acids is 1. The number of nitrogens with one attached hydrogen (secondary N) is 2. The van der Waals surface area contributed by atoms with E-state index in [4.69, 9.17) is 4.74 Å². The first-order chi connectivity index (χ1) is 7.72. The number of halogens is 1. The summed E-state index contributed by atoms with van der Waals surface area (Å²) in [5.74, 6) is 0.0958. The fraction of sp³-hybridized carbons (Fsp3) is 0.917. The first kappa shape index (κ1) is 16.7. The first-order valence-corrected chi connectivity index (χ1v) is 6.19. The average Bonchev–Trinajstić information content (AvgIpc) is 3.03. The Labute approximate surface area is 110 Å². The SMILES string of the molecule is CCCC1(CNC(=O)CNCCOC)CC1.Cl. The summed E-state index contributed by atoms with van der Waals surface area (Å²) in [7, 11) is 1.66. The van der Waals surface area contributed by atoms with Crippen LogP contribution in [0.3, 0.4) is 0 Å². The van der Waals surface area contributed by atoms with E-state index in [1.807, 2.05) is 0 Å². The zero-order valence-electron chi connectivity index (χ0n) is 10.9. The maximum absolute atomic E-state index is 11.5. The molecule has 0 saturated heterocycles. The van der Waals surface area contributed by atoms with Crippen LogP contribution in [0.4, 0.5) is 0 Å². The molecule has 5 heteroatoms. The zero-order valence-corrected chi connectivity index (χ0v) is 11.7. The van der Waals surface area contributed by atoms with Gasteiger partial charge in [-0.2, -0.15) is 0 Å². The van der Waals surface area contributed by atoms with Crippen LogP contribution in [-0.2, 0) is 9.53 Å². The predicted octanol–water partition coefficient (Wildman–Crippen LogP) is 1.34. The lowest BCUT2D eigenvalue weighted by molar-refractivity contribution is -0.120. The van der Waals surface area contributed by atoms with Crippen molar-refractivity contribution in [1.29, 1.82) is 0 Å². The molecule has 0 unspecified atom stereocenters. The zero-order chi connectivity index (χ0) is 11.9. The van der Waals surface area contributed by atoms with Crippen LogP contribution >= 0.6 is 12.4 Å². The molecule has 0 aromatic rings. The minimum absolute atomic E-state index is 0. The van der Waals surface area contributed by atoms with Gasteiger partial charge in [-0.3, -0.25) is 4.79 Å². The maximum Gasteiger partial charge on any atom is 0.233 e. The molecule has 1 rings (SSSR count). The highest BCUT2D eigenvalue weighted by atomic mass is 35.5. The van der Waals surface area contributed by atoms with Gasteiger partial charge in [-0.1, -0.05) is 13.3 Å². The van der Waals surface area contributed by atoms with Crippen molar-refractivity contribution >= 4 is 18.3 Å². The molecule has 0 spiro atoms. The number of carbonyl (C=O) groups is 1. The second-order valence-corrected chi connectivity index (χ2v) is 4.70. The summed E-state index contributed by atoms with van der Waals surface area (Å²) in [6.07, 6.45) is 5.00. The van der Waals surface area contributed by atoms with Crippen LogP contribution in [0.15, 0.2) is 0 Å². The molecule has 0 heterocycles. The second-order valence-electron chi connectivity index (χ2n) is 4.70. The first-order valence-electron chi connectivity index (χ1n) is 6.19. The van der Waals surface area contributed by atoms with Gasteiger partial charge in [0.1, 0.15) is 0 Å². The smallest absolute Gasteiger partial charge is 0.233 e. The van der Waals surface area contributed by atoms with E-state index in [-0.39, 0.29) is 18.3 Å². The molecule has 0 atom stereocenters. The Hall–Kier alpha value is -0.320. The average molecular weight is 265 g/mol. The van der Waals surface area contributed by atoms with Crippen molar-refractivity contribution in [2.75, 3.05) is 33.4 Å². The Morgan fingerprint density at radius 3 is 2.65 bits per heavy atom. The molecule has 0 aromatic heterocycles. The topological polar surface area (TPSA) is 50.4 Å². The quantitative estimate of drug-likeness (QED) is 0.618. The summed E-state index contributed by atoms with van der Waals surface area (Å²) in [5, 5.41) is 6.04. The normalized spacial score (nSPS) is 16.1. The molecule has 0 radical (unpaired) electrons. The predicted molar refractivity (Wildman–Crippen MR) is 71.6 cm³/mol. The van der Waals surface area contributed by atoms with Gasteiger partial charge in [0.25, 0.3) is 0 Å². The van der Waals surface area contributed by atoms with Crippen LogP contribution in [0.5, 0.6) is 0 Å². The van der Waals surface area contributed by atoms with Gasteiger partial charge in [-0.15, -0.1) is 12.4 Å². The van der Waals surface area contributed by atoms with E-state index in [2.05, 4.69) is 17.6 Å². The molecule has 102 valence electrons. The van der Waals surface area contributed by atoms with Gasteiger partial charge in [0.05, 0.1) is 13.2 Å². The maximum atomic E-state index is 11.5. The number of amides is 1. The Kier molecular flexibility index (Phi) is 8.56. The fourth-order valence-corrected chi connectivity index (χ4v) is 1.95. The summed E-state index contributed by atoms with van der Waals surface area (Å²) in [6.45, 7) is 4.82. The summed E-state index contributed by atoms with van der Waals surface area (Å²) in [6, 6.07) is 0. The summed E-state index contributed by atoms with van der Waals surface area (Å²) < 4.78 is 4.89. The van der Waals surface area contributed by atoms with E-state index in [1.165, 1.54) is 25.7 Å². The second kappa shape index (κ2) is 8.72. The van der Waals surface area contributed by atoms with E-state index in [0.717, 1.165) is 13.1 Å². The third-order valence-electron chi connectivity index (χ3n) is 3.17. The van der Waals surface area contributed by atoms with Crippen molar-refractivity contribution in [3.63, 3.8) is 0 Å². The van der Waals surface area contributed by atoms with E-state index in [9.17, 15) is 4.79 Å². The van der Waals surface area contributed by atoms with Gasteiger partial charge in [0.15, 0.2) is 0 Å². The van der Waals surface area contributed by atoms with Crippen molar-refractivity contribution in [2.45, 2.75) is 32.6 Å². The highest BCUT2D eigenvalue weighted by molar-refractivity contribution is 5.85. The number of hydrogen-bond donors (Lipinski definition) is 2. The molecule has 1 amide bonds. The Morgan fingerprint density at radius 2 is 2.12 bits per heavy atom. The van der Waals surface area contributed by atoms with Crippen LogP contribution in [0.25, 0.3) is 0 Å². The summed E-state index contributed by atoms with van der Waals surface area (Å²) in [5.41, 5.74) is 0.441. The van der Waals surface area contributed by atoms with E-state index in [0.29, 0.717) is 18.6 Å². The molecular formula is C12H25ClN2O2. The Morgan fingerprint density at radius 1 is 1.41 bits per heavy atom. The number of methoxy groups -OCH3 is 1. The van der Waals surface area contributed by atoms with Gasteiger partial charge in [0, 0.05) is 20.2 Å². The number of ether oxygens (including phenoxy) is 1. The molecule has 17 heavy (non-hydrogen) atoms. The summed E-state index contributed by atoms with van der Waals surface area (Å²) in [4.78, 5) is 11.5. The molecule has 4 nitrogen and oxygen atoms in total. The van der Waals surface area contributed by atoms with Gasteiger partial charge in [-0.05, 0) is 24.7 Å². The molecule has 0 bridgehead atoms. The van der Waals surface area contributed by atoms with Crippen LogP contribution in [0.1, 0.15) is 32.6 Å². The molecule has 2 N–H and O–H groups in total. The van der Waals surface area contributed by atoms with Gasteiger partial charge in [-0.25, -0.2) is 0 Å². The van der Waals surface area contributed by atoms with E-state index < -0.39 is 0 Å². The molecule has 1 aliphatic carbocycles. The van der Waals surface area contributed by atoms with Crippen molar-refractivity contribution in [3.8, 4) is 0 Å². The molecule has 0 aliphatic heterocycles. The molecular weight excluding hydrogens is 240 g/mol. The van der Waals surface area contributed by atoms with E-state index in [1.54, 1.807) is 7.11 Å². The minimum atomic E-state index is 0. The molecule has 1 saturated carbocycles. The number of rotatable bonds is 9. The monoisotopic (exact) mass is 264 g/mol. The van der Waals surface area contributed by atoms with Gasteiger partial charge < -0.3 is 15.4 Å². The van der Waals surface area contributed by atoms with Gasteiger partial charge >= 0.3 is 0 Å². The molecule has 1 aliphatic rings. The lowest BCUT2D eigenvalue weighted by Gasteiger charge is -2.14. The third-order valence-corrected chi connectivity index (χ3v) is 3.17. The molecule has 1 fully saturated rings. The lowest BCUT2D eigenvalue weighted by Crippen LogP contribution is -2.38. The lowest BCUT2D eigenvalue weighted by atomic mass is 10.0. The third kappa shape index (κ3) is 6.86. The van der Waals surface area contributed by atoms with Gasteiger partial charge in [0.2, 0.25) is 5.91 Å². The van der Waals surface area contributed by atoms with Crippen molar-refractivity contribution in [3.05, 3.63) is 0 Å². The van der Waals surface area contributed by atoms with Crippen molar-refractivity contribution in [1.82, 2.24) is 10.6 Å². The Bertz CT molecular complexity index is 221. The largest absolute Gasteiger partial charge is 0.383 e. The van der Waals surface area contributed by atoms with Crippen molar-refractivity contribution < 1.29 is 9.53 Å². The molecule has 0 aromatic carbocycles. The van der Waals surface area contributed by atoms with Crippen LogP contribution in [0, 0.1) is 5.41 Å². The highest BCUT2D eigenvalue weighted by Crippen LogP contribution is 2.48. The summed E-state index contributed by atoms with van der Waals surface area (Å²) >= 11 is 0. The van der Waals surface area contributed by atoms with Crippen molar-refractivity contribution in [2.24, 2.45) is 5.41 Å². The van der Waals surface area contributed by atoms with E-state index >= 15 is 0 Å². The standard InChI is InChI=1S/C12H24N2O2.ClH/c1-3-4-12(5-6-12)10-14-11(15)9-13-7-8-16-2;/h13H,3-10H2,1-2H3,(H,14,15);1H. The van der Waals surface area contributed by atoms with Crippen LogP contribution in [-0.4, -0.2) is 39.3 Å². The highest BCUT2D eigenvalue weighted by Gasteiger charge is 2.41. The van der Waals surface area contributed by atoms with Crippen LogP contribution in [0.2, 0.25) is 0 Å². The Balaban J connectivity index is 0.00000256.